The van der Waals surface area contributed by atoms with E-state index in [0.717, 1.165) is 5.56 Å². The predicted molar refractivity (Wildman–Crippen MR) is 99.9 cm³/mol. The summed E-state index contributed by atoms with van der Waals surface area (Å²) in [7, 11) is 0. The fourth-order valence-electron chi connectivity index (χ4n) is 1.95. The Labute approximate surface area is 160 Å². The molecule has 1 N–H and O–H groups in total. The van der Waals surface area contributed by atoms with Crippen LogP contribution in [0, 0.1) is 11.3 Å². The van der Waals surface area contributed by atoms with Crippen molar-refractivity contribution in [3.8, 4) is 11.8 Å². The van der Waals surface area contributed by atoms with Gasteiger partial charge in [0, 0.05) is 10.6 Å². The highest BCUT2D eigenvalue weighted by atomic mass is 79.9. The molecule has 0 saturated heterocycles. The van der Waals surface area contributed by atoms with E-state index in [1.165, 1.54) is 0 Å². The van der Waals surface area contributed by atoms with Gasteiger partial charge in [0.25, 0.3) is 0 Å². The number of aliphatic carboxylic acids is 1. The molecule has 0 aliphatic heterocycles. The van der Waals surface area contributed by atoms with Crippen molar-refractivity contribution in [2.24, 2.45) is 0 Å². The molecule has 0 unspecified atom stereocenters. The molecule has 122 valence electrons. The maximum atomic E-state index is 10.6. The number of nitriles is 1. The molecule has 0 aliphatic rings. The average molecular weight is 472 g/mol. The average Bonchev–Trinajstić information content (AvgIpc) is 2.52. The van der Waals surface area contributed by atoms with Crippen molar-refractivity contribution in [2.45, 2.75) is 0 Å². The Bertz CT molecular complexity index is 836. The van der Waals surface area contributed by atoms with Crippen LogP contribution in [0.1, 0.15) is 11.1 Å². The summed E-state index contributed by atoms with van der Waals surface area (Å²) in [6.45, 7) is -0.449. The minimum absolute atomic E-state index is 0.380. The van der Waals surface area contributed by atoms with Gasteiger partial charge in [-0.25, -0.2) is 4.79 Å². The largest absolute Gasteiger partial charge is 0.480 e. The number of hydrogen-bond acceptors (Lipinski definition) is 3. The van der Waals surface area contributed by atoms with Gasteiger partial charge < -0.3 is 9.84 Å². The van der Waals surface area contributed by atoms with Crippen LogP contribution in [0.3, 0.4) is 0 Å². The van der Waals surface area contributed by atoms with Crippen LogP contribution in [0.4, 0.5) is 0 Å². The Balaban J connectivity index is 2.40. The number of rotatable bonds is 5. The summed E-state index contributed by atoms with van der Waals surface area (Å²) in [6, 6.07) is 12.7. The van der Waals surface area contributed by atoms with Gasteiger partial charge in [0.2, 0.25) is 0 Å². The second-order valence-electron chi connectivity index (χ2n) is 4.65. The zero-order chi connectivity index (χ0) is 17.7. The number of carboxylic acids is 1. The second-order valence-corrected chi connectivity index (χ2v) is 6.76. The minimum atomic E-state index is -1.07. The van der Waals surface area contributed by atoms with Gasteiger partial charge in [-0.2, -0.15) is 5.26 Å². The van der Waals surface area contributed by atoms with Crippen molar-refractivity contribution in [3.63, 3.8) is 0 Å². The topological polar surface area (TPSA) is 70.3 Å². The Morgan fingerprint density at radius 3 is 2.46 bits per heavy atom. The molecular weight excluding hydrogens is 461 g/mol. The Kier molecular flexibility index (Phi) is 6.44. The van der Waals surface area contributed by atoms with Gasteiger partial charge in [0.05, 0.1) is 20.6 Å². The van der Waals surface area contributed by atoms with Crippen LogP contribution in [-0.2, 0) is 4.79 Å². The summed E-state index contributed by atoms with van der Waals surface area (Å²) in [5.41, 5.74) is 1.78. The Morgan fingerprint density at radius 1 is 1.29 bits per heavy atom. The highest BCUT2D eigenvalue weighted by Gasteiger charge is 2.11. The third kappa shape index (κ3) is 4.60. The van der Waals surface area contributed by atoms with E-state index in [2.05, 4.69) is 37.9 Å². The molecule has 0 saturated carbocycles. The first-order valence-electron chi connectivity index (χ1n) is 6.62. The van der Waals surface area contributed by atoms with Crippen molar-refractivity contribution >= 4 is 61.1 Å². The molecule has 0 amide bonds. The molecule has 0 radical (unpaired) electrons. The number of carbonyl (C=O) groups is 1. The van der Waals surface area contributed by atoms with Gasteiger partial charge in [0.15, 0.2) is 6.61 Å². The summed E-state index contributed by atoms with van der Waals surface area (Å²) in [5.74, 6) is -0.686. The van der Waals surface area contributed by atoms with E-state index >= 15 is 0 Å². The number of carboxylic acid groups (broad SMARTS) is 1. The second kappa shape index (κ2) is 8.34. The lowest BCUT2D eigenvalue weighted by Gasteiger charge is -2.10. The van der Waals surface area contributed by atoms with Gasteiger partial charge in [-0.15, -0.1) is 0 Å². The Hall–Kier alpha value is -1.81. The summed E-state index contributed by atoms with van der Waals surface area (Å²) in [4.78, 5) is 10.6. The van der Waals surface area contributed by atoms with E-state index in [1.54, 1.807) is 42.5 Å². The fourth-order valence-corrected chi connectivity index (χ4v) is 3.64. The van der Waals surface area contributed by atoms with Crippen LogP contribution in [-0.4, -0.2) is 17.7 Å². The van der Waals surface area contributed by atoms with Gasteiger partial charge in [-0.1, -0.05) is 29.8 Å². The van der Waals surface area contributed by atoms with E-state index < -0.39 is 12.6 Å². The zero-order valence-corrected chi connectivity index (χ0v) is 16.0. The third-order valence-corrected chi connectivity index (χ3v) is 4.46. The van der Waals surface area contributed by atoms with E-state index in [4.69, 9.17) is 21.4 Å². The quantitative estimate of drug-likeness (QED) is 0.469. The number of allylic oxidation sites excluding steroid dienone is 1. The van der Waals surface area contributed by atoms with Crippen LogP contribution in [0.15, 0.2) is 45.3 Å². The van der Waals surface area contributed by atoms with Crippen LogP contribution in [0.2, 0.25) is 5.02 Å². The third-order valence-electron chi connectivity index (χ3n) is 2.96. The fraction of sp³-hybridized carbons (Fsp3) is 0.0588. The van der Waals surface area contributed by atoms with Crippen molar-refractivity contribution in [3.05, 3.63) is 61.5 Å². The normalized spacial score (nSPS) is 11.0. The molecular formula is C17H10Br2ClNO3. The van der Waals surface area contributed by atoms with E-state index in [9.17, 15) is 10.1 Å². The predicted octanol–water partition coefficient (Wildman–Crippen LogP) is 5.39. The molecule has 2 aromatic rings. The molecule has 24 heavy (non-hydrogen) atoms. The maximum absolute atomic E-state index is 10.6. The van der Waals surface area contributed by atoms with Gasteiger partial charge in [-0.05, 0) is 61.7 Å². The van der Waals surface area contributed by atoms with Gasteiger partial charge >= 0.3 is 5.97 Å². The smallest absolute Gasteiger partial charge is 0.341 e. The lowest BCUT2D eigenvalue weighted by Crippen LogP contribution is -2.10. The summed E-state index contributed by atoms with van der Waals surface area (Å²) in [6.07, 6.45) is 1.69. The first-order valence-corrected chi connectivity index (χ1v) is 8.59. The molecule has 0 spiro atoms. The zero-order valence-electron chi connectivity index (χ0n) is 12.1. The minimum Gasteiger partial charge on any atom is -0.480 e. The van der Waals surface area contributed by atoms with E-state index in [-0.39, 0.29) is 0 Å². The highest BCUT2D eigenvalue weighted by molar-refractivity contribution is 9.11. The number of nitrogens with zero attached hydrogens (tertiary/aromatic N) is 1. The van der Waals surface area contributed by atoms with Crippen LogP contribution < -0.4 is 4.74 Å². The molecule has 2 aromatic carbocycles. The summed E-state index contributed by atoms with van der Waals surface area (Å²) < 4.78 is 6.36. The van der Waals surface area contributed by atoms with Crippen molar-refractivity contribution in [1.29, 1.82) is 5.26 Å². The van der Waals surface area contributed by atoms with Crippen molar-refractivity contribution in [1.82, 2.24) is 0 Å². The van der Waals surface area contributed by atoms with Crippen molar-refractivity contribution in [2.75, 3.05) is 6.61 Å². The molecule has 4 nitrogen and oxygen atoms in total. The number of hydrogen-bond donors (Lipinski definition) is 1. The lowest BCUT2D eigenvalue weighted by molar-refractivity contribution is -0.139. The van der Waals surface area contributed by atoms with Gasteiger partial charge in [-0.3, -0.25) is 0 Å². The van der Waals surface area contributed by atoms with Crippen LogP contribution in [0.25, 0.3) is 11.6 Å². The number of benzene rings is 2. The molecule has 0 fully saturated rings. The van der Waals surface area contributed by atoms with Gasteiger partial charge in [0.1, 0.15) is 5.75 Å². The molecule has 2 rings (SSSR count). The molecule has 0 heterocycles. The standard InChI is InChI=1S/C17H10Br2ClNO3/c18-13-6-10(7-14(19)17(13)24-9-16(22)23)5-11(8-21)12-3-1-2-4-15(12)20/h1-7H,9H2,(H,22,23). The number of halogens is 3. The summed E-state index contributed by atoms with van der Waals surface area (Å²) in [5, 5.41) is 18.6. The molecule has 7 heteroatoms. The Morgan fingerprint density at radius 2 is 1.92 bits per heavy atom. The summed E-state index contributed by atoms with van der Waals surface area (Å²) >= 11 is 12.8. The van der Waals surface area contributed by atoms with Crippen LogP contribution >= 0.6 is 43.5 Å². The first-order chi connectivity index (χ1) is 11.4. The van der Waals surface area contributed by atoms with E-state index in [1.807, 2.05) is 0 Å². The molecule has 0 bridgehead atoms. The van der Waals surface area contributed by atoms with Crippen molar-refractivity contribution < 1.29 is 14.6 Å². The number of ether oxygens (including phenoxy) is 1. The maximum Gasteiger partial charge on any atom is 0.341 e. The van der Waals surface area contributed by atoms with E-state index in [0.29, 0.717) is 30.9 Å². The monoisotopic (exact) mass is 469 g/mol. The lowest BCUT2D eigenvalue weighted by atomic mass is 10.0. The molecule has 0 atom stereocenters. The van der Waals surface area contributed by atoms with Crippen LogP contribution in [0.5, 0.6) is 5.75 Å². The SMILES string of the molecule is N#CC(=Cc1cc(Br)c(OCC(=O)O)c(Br)c1)c1ccccc1Cl. The molecule has 0 aromatic heterocycles. The highest BCUT2D eigenvalue weighted by Crippen LogP contribution is 2.36. The first kappa shape index (κ1) is 18.5. The molecule has 0 aliphatic carbocycles.